The molecule has 1 amide bonds. The van der Waals surface area contributed by atoms with Crippen molar-refractivity contribution in [3.05, 3.63) is 33.9 Å². The van der Waals surface area contributed by atoms with Crippen LogP contribution in [0.2, 0.25) is 0 Å². The summed E-state index contributed by atoms with van der Waals surface area (Å²) < 4.78 is 5.08. The van der Waals surface area contributed by atoms with Gasteiger partial charge in [0.1, 0.15) is 5.60 Å². The Kier molecular flexibility index (Phi) is 3.90. The van der Waals surface area contributed by atoms with E-state index in [0.29, 0.717) is 11.3 Å². The van der Waals surface area contributed by atoms with E-state index in [1.807, 2.05) is 0 Å². The van der Waals surface area contributed by atoms with Gasteiger partial charge in [-0.25, -0.2) is 4.79 Å². The van der Waals surface area contributed by atoms with E-state index in [9.17, 15) is 14.9 Å². The zero-order chi connectivity index (χ0) is 13.9. The fourth-order valence-electron chi connectivity index (χ4n) is 1.36. The third kappa shape index (κ3) is 4.04. The SMILES string of the molecule is Cc1cc(NC(=O)OC(C)(C)C)ccc1[N+](=O)[O-]. The van der Waals surface area contributed by atoms with Gasteiger partial charge in [-0.05, 0) is 39.8 Å². The molecule has 0 fully saturated rings. The van der Waals surface area contributed by atoms with Gasteiger partial charge in [0.25, 0.3) is 5.69 Å². The van der Waals surface area contributed by atoms with Crippen molar-refractivity contribution < 1.29 is 14.5 Å². The van der Waals surface area contributed by atoms with E-state index in [0.717, 1.165) is 0 Å². The molecule has 0 unspecified atom stereocenters. The summed E-state index contributed by atoms with van der Waals surface area (Å²) in [5.41, 5.74) is 0.380. The van der Waals surface area contributed by atoms with Gasteiger partial charge in [-0.3, -0.25) is 15.4 Å². The second-order valence-corrected chi connectivity index (χ2v) is 4.89. The molecule has 0 spiro atoms. The van der Waals surface area contributed by atoms with Gasteiger partial charge in [0.05, 0.1) is 4.92 Å². The van der Waals surface area contributed by atoms with E-state index in [1.165, 1.54) is 18.2 Å². The molecular weight excluding hydrogens is 236 g/mol. The van der Waals surface area contributed by atoms with E-state index >= 15 is 0 Å². The van der Waals surface area contributed by atoms with Crippen molar-refractivity contribution in [3.63, 3.8) is 0 Å². The van der Waals surface area contributed by atoms with Crippen LogP contribution in [-0.2, 0) is 4.74 Å². The molecule has 98 valence electrons. The first kappa shape index (κ1) is 14.0. The number of nitrogens with zero attached hydrogens (tertiary/aromatic N) is 1. The zero-order valence-electron chi connectivity index (χ0n) is 10.8. The minimum absolute atomic E-state index is 0.0183. The number of nitro groups is 1. The number of benzene rings is 1. The Labute approximate surface area is 105 Å². The highest BCUT2D eigenvalue weighted by Crippen LogP contribution is 2.22. The molecular formula is C12H16N2O4. The van der Waals surface area contributed by atoms with Crippen LogP contribution in [0.15, 0.2) is 18.2 Å². The highest BCUT2D eigenvalue weighted by Gasteiger charge is 2.17. The smallest absolute Gasteiger partial charge is 0.412 e. The molecule has 0 saturated heterocycles. The Morgan fingerprint density at radius 3 is 2.44 bits per heavy atom. The van der Waals surface area contributed by atoms with Crippen molar-refractivity contribution in [2.24, 2.45) is 0 Å². The van der Waals surface area contributed by atoms with Gasteiger partial charge in [-0.1, -0.05) is 0 Å². The highest BCUT2D eigenvalue weighted by molar-refractivity contribution is 5.85. The van der Waals surface area contributed by atoms with E-state index in [4.69, 9.17) is 4.74 Å². The first-order chi connectivity index (χ1) is 8.19. The first-order valence-corrected chi connectivity index (χ1v) is 5.44. The molecule has 1 aromatic rings. The first-order valence-electron chi connectivity index (χ1n) is 5.44. The number of rotatable bonds is 2. The Bertz CT molecular complexity index is 477. The van der Waals surface area contributed by atoms with Gasteiger partial charge in [-0.15, -0.1) is 0 Å². The van der Waals surface area contributed by atoms with Crippen molar-refractivity contribution in [2.75, 3.05) is 5.32 Å². The summed E-state index contributed by atoms with van der Waals surface area (Å²) in [6, 6.07) is 4.35. The monoisotopic (exact) mass is 252 g/mol. The zero-order valence-corrected chi connectivity index (χ0v) is 10.8. The Balaban J connectivity index is 2.78. The third-order valence-corrected chi connectivity index (χ3v) is 2.04. The average Bonchev–Trinajstić information content (AvgIpc) is 2.13. The van der Waals surface area contributed by atoms with Crippen molar-refractivity contribution >= 4 is 17.5 Å². The predicted octanol–water partition coefficient (Wildman–Crippen LogP) is 3.25. The molecule has 0 aliphatic rings. The molecule has 0 radical (unpaired) electrons. The lowest BCUT2D eigenvalue weighted by molar-refractivity contribution is -0.385. The number of nitrogens with one attached hydrogen (secondary N) is 1. The highest BCUT2D eigenvalue weighted by atomic mass is 16.6. The number of nitro benzene ring substituents is 1. The number of hydrogen-bond donors (Lipinski definition) is 1. The van der Waals surface area contributed by atoms with E-state index in [-0.39, 0.29) is 5.69 Å². The summed E-state index contributed by atoms with van der Waals surface area (Å²) in [5, 5.41) is 13.2. The number of anilines is 1. The van der Waals surface area contributed by atoms with Gasteiger partial charge >= 0.3 is 6.09 Å². The van der Waals surface area contributed by atoms with Crippen LogP contribution in [0, 0.1) is 17.0 Å². The molecule has 0 aliphatic carbocycles. The van der Waals surface area contributed by atoms with Crippen molar-refractivity contribution in [3.8, 4) is 0 Å². The number of carbonyl (C=O) groups is 1. The molecule has 0 aromatic heterocycles. The molecule has 1 aromatic carbocycles. The summed E-state index contributed by atoms with van der Waals surface area (Å²) in [4.78, 5) is 21.7. The van der Waals surface area contributed by atoms with Crippen LogP contribution in [0.5, 0.6) is 0 Å². The molecule has 6 nitrogen and oxygen atoms in total. The minimum Gasteiger partial charge on any atom is -0.444 e. The van der Waals surface area contributed by atoms with E-state index < -0.39 is 16.6 Å². The molecule has 0 saturated carbocycles. The summed E-state index contributed by atoms with van der Waals surface area (Å²) >= 11 is 0. The van der Waals surface area contributed by atoms with Crippen molar-refractivity contribution in [1.29, 1.82) is 0 Å². The maximum atomic E-state index is 11.5. The quantitative estimate of drug-likeness (QED) is 0.647. The Hall–Kier alpha value is -2.11. The van der Waals surface area contributed by atoms with Crippen LogP contribution < -0.4 is 5.32 Å². The van der Waals surface area contributed by atoms with Gasteiger partial charge in [0.15, 0.2) is 0 Å². The fraction of sp³-hybridized carbons (Fsp3) is 0.417. The normalized spacial score (nSPS) is 10.9. The van der Waals surface area contributed by atoms with E-state index in [2.05, 4.69) is 5.32 Å². The molecule has 0 bridgehead atoms. The number of carbonyl (C=O) groups excluding carboxylic acids is 1. The second kappa shape index (κ2) is 5.03. The average molecular weight is 252 g/mol. The number of ether oxygens (including phenoxy) is 1. The fourth-order valence-corrected chi connectivity index (χ4v) is 1.36. The lowest BCUT2D eigenvalue weighted by Crippen LogP contribution is -2.27. The number of aryl methyl sites for hydroxylation is 1. The van der Waals surface area contributed by atoms with Crippen LogP contribution in [0.3, 0.4) is 0 Å². The minimum atomic E-state index is -0.587. The summed E-state index contributed by atoms with van der Waals surface area (Å²) in [6.07, 6.45) is -0.587. The second-order valence-electron chi connectivity index (χ2n) is 4.89. The van der Waals surface area contributed by atoms with E-state index in [1.54, 1.807) is 27.7 Å². The lowest BCUT2D eigenvalue weighted by Gasteiger charge is -2.19. The summed E-state index contributed by atoms with van der Waals surface area (Å²) in [5.74, 6) is 0. The van der Waals surface area contributed by atoms with Crippen LogP contribution in [0.4, 0.5) is 16.2 Å². The maximum Gasteiger partial charge on any atom is 0.412 e. The maximum absolute atomic E-state index is 11.5. The van der Waals surface area contributed by atoms with Crippen molar-refractivity contribution in [2.45, 2.75) is 33.3 Å². The number of amides is 1. The molecule has 0 heterocycles. The molecule has 6 heteroatoms. The lowest BCUT2D eigenvalue weighted by atomic mass is 10.2. The number of hydrogen-bond acceptors (Lipinski definition) is 4. The molecule has 0 atom stereocenters. The largest absolute Gasteiger partial charge is 0.444 e. The summed E-state index contributed by atoms with van der Waals surface area (Å²) in [7, 11) is 0. The van der Waals surface area contributed by atoms with Crippen LogP contribution in [-0.4, -0.2) is 16.6 Å². The van der Waals surface area contributed by atoms with Crippen molar-refractivity contribution in [1.82, 2.24) is 0 Å². The van der Waals surface area contributed by atoms with Gasteiger partial charge in [-0.2, -0.15) is 0 Å². The van der Waals surface area contributed by atoms with Gasteiger partial charge in [0, 0.05) is 17.3 Å². The van der Waals surface area contributed by atoms with Crippen LogP contribution >= 0.6 is 0 Å². The summed E-state index contributed by atoms with van der Waals surface area (Å²) in [6.45, 7) is 6.88. The van der Waals surface area contributed by atoms with Gasteiger partial charge in [0.2, 0.25) is 0 Å². The van der Waals surface area contributed by atoms with Crippen LogP contribution in [0.25, 0.3) is 0 Å². The Morgan fingerprint density at radius 1 is 1.39 bits per heavy atom. The molecule has 1 N–H and O–H groups in total. The van der Waals surface area contributed by atoms with Crippen LogP contribution in [0.1, 0.15) is 26.3 Å². The standard InChI is InChI=1S/C12H16N2O4/c1-8-7-9(5-6-10(8)14(16)17)13-11(15)18-12(2,3)4/h5-7H,1-4H3,(H,13,15). The predicted molar refractivity (Wildman–Crippen MR) is 67.7 cm³/mol. The topological polar surface area (TPSA) is 81.5 Å². The van der Waals surface area contributed by atoms with Gasteiger partial charge < -0.3 is 4.74 Å². The molecule has 0 aliphatic heterocycles. The third-order valence-electron chi connectivity index (χ3n) is 2.04. The molecule has 1 rings (SSSR count). The Morgan fingerprint density at radius 2 is 2.00 bits per heavy atom. The molecule has 18 heavy (non-hydrogen) atoms.